The van der Waals surface area contributed by atoms with Crippen LogP contribution in [0.4, 0.5) is 0 Å². The van der Waals surface area contributed by atoms with Crippen LogP contribution in [0.1, 0.15) is 48.7 Å². The van der Waals surface area contributed by atoms with E-state index in [4.69, 9.17) is 10.8 Å². The summed E-state index contributed by atoms with van der Waals surface area (Å²) in [6.45, 7) is 4.18. The number of carboxylic acids is 1. The minimum absolute atomic E-state index is 0.418. The molecule has 1 aromatic rings. The molecule has 0 aliphatic heterocycles. The van der Waals surface area contributed by atoms with Gasteiger partial charge in [0.2, 0.25) is 0 Å². The summed E-state index contributed by atoms with van der Waals surface area (Å²) in [7, 11) is 0. The molecule has 1 aromatic heterocycles. The van der Waals surface area contributed by atoms with E-state index in [0.29, 0.717) is 12.5 Å². The minimum atomic E-state index is -0.930. The average molecular weight is 250 g/mol. The van der Waals surface area contributed by atoms with Gasteiger partial charge in [-0.1, -0.05) is 12.8 Å². The Morgan fingerprint density at radius 3 is 2.67 bits per heavy atom. The van der Waals surface area contributed by atoms with E-state index in [0.717, 1.165) is 5.56 Å². The maximum atomic E-state index is 10.8. The number of rotatable bonds is 4. The van der Waals surface area contributed by atoms with Gasteiger partial charge in [0, 0.05) is 17.4 Å². The molecule has 1 saturated carbocycles. The molecule has 0 radical (unpaired) electrons. The zero-order valence-corrected chi connectivity index (χ0v) is 11.1. The maximum absolute atomic E-state index is 10.8. The van der Waals surface area contributed by atoms with Gasteiger partial charge in [-0.3, -0.25) is 4.79 Å². The fourth-order valence-corrected chi connectivity index (χ4v) is 3.10. The molecule has 100 valence electrons. The zero-order chi connectivity index (χ0) is 13.3. The Hall–Kier alpha value is -1.29. The fourth-order valence-electron chi connectivity index (χ4n) is 3.10. The molecular weight excluding hydrogens is 228 g/mol. The van der Waals surface area contributed by atoms with Crippen molar-refractivity contribution >= 4 is 5.97 Å². The van der Waals surface area contributed by atoms with E-state index in [1.807, 2.05) is 0 Å². The number of hydrogen-bond acceptors (Lipinski definition) is 2. The van der Waals surface area contributed by atoms with Gasteiger partial charge in [0.1, 0.15) is 6.04 Å². The van der Waals surface area contributed by atoms with Crippen molar-refractivity contribution < 1.29 is 9.90 Å². The maximum Gasteiger partial charge on any atom is 0.320 e. The Bertz CT molecular complexity index is 445. The molecular formula is C14H22N2O2. The van der Waals surface area contributed by atoms with Crippen LogP contribution in [0.15, 0.2) is 6.07 Å². The van der Waals surface area contributed by atoms with Crippen LogP contribution >= 0.6 is 0 Å². The first-order valence-electron chi connectivity index (χ1n) is 6.66. The molecule has 4 heteroatoms. The van der Waals surface area contributed by atoms with Crippen molar-refractivity contribution in [2.24, 2.45) is 5.73 Å². The molecule has 4 nitrogen and oxygen atoms in total. The van der Waals surface area contributed by atoms with Gasteiger partial charge < -0.3 is 15.4 Å². The number of carboxylic acid groups (broad SMARTS) is 1. The highest BCUT2D eigenvalue weighted by Crippen LogP contribution is 2.33. The molecule has 1 heterocycles. The minimum Gasteiger partial charge on any atom is -0.480 e. The van der Waals surface area contributed by atoms with Gasteiger partial charge in [0.15, 0.2) is 0 Å². The van der Waals surface area contributed by atoms with E-state index in [-0.39, 0.29) is 0 Å². The summed E-state index contributed by atoms with van der Waals surface area (Å²) in [5.74, 6) is -0.930. The van der Waals surface area contributed by atoms with Crippen LogP contribution in [-0.4, -0.2) is 21.7 Å². The second-order valence-electron chi connectivity index (χ2n) is 5.35. The Morgan fingerprint density at radius 2 is 2.11 bits per heavy atom. The quantitative estimate of drug-likeness (QED) is 0.860. The average Bonchev–Trinajstić information content (AvgIpc) is 2.88. The number of hydrogen-bond donors (Lipinski definition) is 2. The Kier molecular flexibility index (Phi) is 3.76. The first kappa shape index (κ1) is 13.1. The Morgan fingerprint density at radius 1 is 1.50 bits per heavy atom. The van der Waals surface area contributed by atoms with Crippen LogP contribution in [0.3, 0.4) is 0 Å². The smallest absolute Gasteiger partial charge is 0.320 e. The van der Waals surface area contributed by atoms with Gasteiger partial charge in [0.05, 0.1) is 0 Å². The molecule has 1 atom stereocenters. The molecule has 1 aliphatic rings. The third-order valence-corrected chi connectivity index (χ3v) is 4.04. The molecule has 1 aliphatic carbocycles. The van der Waals surface area contributed by atoms with E-state index < -0.39 is 12.0 Å². The van der Waals surface area contributed by atoms with Gasteiger partial charge in [-0.2, -0.15) is 0 Å². The Balaban J connectivity index is 2.23. The molecule has 1 fully saturated rings. The first-order chi connectivity index (χ1) is 8.50. The van der Waals surface area contributed by atoms with Gasteiger partial charge in [-0.25, -0.2) is 0 Å². The SMILES string of the molecule is Cc1cc(CC(N)C(=O)O)c(C)n1C1CCCC1. The molecule has 3 N–H and O–H groups in total. The molecule has 2 rings (SSSR count). The molecule has 0 bridgehead atoms. The normalized spacial score (nSPS) is 18.2. The third kappa shape index (κ3) is 2.43. The lowest BCUT2D eigenvalue weighted by Crippen LogP contribution is -2.32. The molecule has 0 spiro atoms. The van der Waals surface area contributed by atoms with Crippen molar-refractivity contribution in [2.75, 3.05) is 0 Å². The number of carbonyl (C=O) groups is 1. The predicted octanol–water partition coefficient (Wildman–Crippen LogP) is 2.17. The first-order valence-corrected chi connectivity index (χ1v) is 6.66. The van der Waals surface area contributed by atoms with Crippen molar-refractivity contribution in [3.63, 3.8) is 0 Å². The molecule has 0 saturated heterocycles. The standard InChI is InChI=1S/C14H22N2O2/c1-9-7-11(8-13(15)14(17)18)10(2)16(9)12-5-3-4-6-12/h7,12-13H,3-6,8,15H2,1-2H3,(H,17,18). The van der Waals surface area contributed by atoms with Crippen LogP contribution in [0.5, 0.6) is 0 Å². The predicted molar refractivity (Wildman–Crippen MR) is 70.7 cm³/mol. The van der Waals surface area contributed by atoms with Crippen molar-refractivity contribution in [3.05, 3.63) is 23.0 Å². The highest BCUT2D eigenvalue weighted by Gasteiger charge is 2.22. The summed E-state index contributed by atoms with van der Waals surface area (Å²) in [6, 6.07) is 1.89. The van der Waals surface area contributed by atoms with E-state index in [2.05, 4.69) is 24.5 Å². The monoisotopic (exact) mass is 250 g/mol. The highest BCUT2D eigenvalue weighted by molar-refractivity contribution is 5.73. The lowest BCUT2D eigenvalue weighted by atomic mass is 10.1. The second-order valence-corrected chi connectivity index (χ2v) is 5.35. The molecule has 0 amide bonds. The number of nitrogens with zero attached hydrogens (tertiary/aromatic N) is 1. The molecule has 18 heavy (non-hydrogen) atoms. The van der Waals surface area contributed by atoms with Crippen molar-refractivity contribution in [1.29, 1.82) is 0 Å². The van der Waals surface area contributed by atoms with Crippen LogP contribution < -0.4 is 5.73 Å². The van der Waals surface area contributed by atoms with Crippen molar-refractivity contribution in [2.45, 2.75) is 58.0 Å². The fraction of sp³-hybridized carbons (Fsp3) is 0.643. The van der Waals surface area contributed by atoms with Crippen molar-refractivity contribution in [1.82, 2.24) is 4.57 Å². The van der Waals surface area contributed by atoms with Gasteiger partial charge in [-0.15, -0.1) is 0 Å². The van der Waals surface area contributed by atoms with Crippen LogP contribution in [-0.2, 0) is 11.2 Å². The van der Waals surface area contributed by atoms with Crippen molar-refractivity contribution in [3.8, 4) is 0 Å². The van der Waals surface area contributed by atoms with Crippen LogP contribution in [0, 0.1) is 13.8 Å². The highest BCUT2D eigenvalue weighted by atomic mass is 16.4. The van der Waals surface area contributed by atoms with E-state index >= 15 is 0 Å². The van der Waals surface area contributed by atoms with E-state index in [1.165, 1.54) is 37.1 Å². The summed E-state index contributed by atoms with van der Waals surface area (Å²) in [6.07, 6.45) is 5.49. The number of aryl methyl sites for hydroxylation is 1. The van der Waals surface area contributed by atoms with Gasteiger partial charge in [-0.05, 0) is 44.7 Å². The molecule has 0 aromatic carbocycles. The lowest BCUT2D eigenvalue weighted by molar-refractivity contribution is -0.138. The largest absolute Gasteiger partial charge is 0.480 e. The Labute approximate surface area is 108 Å². The number of aromatic nitrogens is 1. The summed E-state index contributed by atoms with van der Waals surface area (Å²) in [5.41, 5.74) is 9.12. The second kappa shape index (κ2) is 5.14. The summed E-state index contributed by atoms with van der Waals surface area (Å²) >= 11 is 0. The molecule has 1 unspecified atom stereocenters. The van der Waals surface area contributed by atoms with Gasteiger partial charge in [0.25, 0.3) is 0 Å². The third-order valence-electron chi connectivity index (χ3n) is 4.04. The summed E-state index contributed by atoms with van der Waals surface area (Å²) < 4.78 is 2.37. The summed E-state index contributed by atoms with van der Waals surface area (Å²) in [5, 5.41) is 8.89. The van der Waals surface area contributed by atoms with Crippen LogP contribution in [0.2, 0.25) is 0 Å². The topological polar surface area (TPSA) is 68.2 Å². The van der Waals surface area contributed by atoms with E-state index in [9.17, 15) is 4.79 Å². The summed E-state index contributed by atoms with van der Waals surface area (Å²) in [4.78, 5) is 10.8. The van der Waals surface area contributed by atoms with Crippen LogP contribution in [0.25, 0.3) is 0 Å². The van der Waals surface area contributed by atoms with E-state index in [1.54, 1.807) is 0 Å². The number of nitrogens with two attached hydrogens (primary N) is 1. The lowest BCUT2D eigenvalue weighted by Gasteiger charge is -2.17. The van der Waals surface area contributed by atoms with Gasteiger partial charge >= 0.3 is 5.97 Å². The number of aliphatic carboxylic acids is 1. The zero-order valence-electron chi connectivity index (χ0n) is 11.1.